The van der Waals surface area contributed by atoms with E-state index in [9.17, 15) is 13.6 Å². The molecule has 0 saturated carbocycles. The van der Waals surface area contributed by atoms with Crippen molar-refractivity contribution in [2.75, 3.05) is 0 Å². The van der Waals surface area contributed by atoms with Crippen molar-refractivity contribution < 1.29 is 18.7 Å². The van der Waals surface area contributed by atoms with Crippen molar-refractivity contribution in [1.29, 1.82) is 0 Å². The number of rotatable bonds is 2. The molecule has 2 heterocycles. The van der Waals surface area contributed by atoms with E-state index in [4.69, 9.17) is 5.11 Å². The maximum atomic E-state index is 13.3. The van der Waals surface area contributed by atoms with Crippen LogP contribution in [0.2, 0.25) is 0 Å². The van der Waals surface area contributed by atoms with Gasteiger partial charge >= 0.3 is 5.97 Å². The van der Waals surface area contributed by atoms with Gasteiger partial charge in [0.25, 0.3) is 0 Å². The quantitative estimate of drug-likeness (QED) is 0.781. The number of carboxylic acids is 1. The van der Waals surface area contributed by atoms with Crippen LogP contribution < -0.4 is 0 Å². The third-order valence-corrected chi connectivity index (χ3v) is 2.76. The lowest BCUT2D eigenvalue weighted by molar-refractivity contribution is 0.0690. The number of halogens is 2. The molecule has 0 atom stereocenters. The molecule has 0 fully saturated rings. The molecule has 6 heteroatoms. The number of hydrogen-bond acceptors (Lipinski definition) is 3. The van der Waals surface area contributed by atoms with Gasteiger partial charge in [-0.3, -0.25) is 4.98 Å². The van der Waals surface area contributed by atoms with Crippen LogP contribution >= 0.6 is 0 Å². The first-order chi connectivity index (χ1) is 11.1. The summed E-state index contributed by atoms with van der Waals surface area (Å²) in [5.74, 6) is -2.17. The largest absolute Gasteiger partial charge is 0.477 e. The van der Waals surface area contributed by atoms with Gasteiger partial charge in [-0.15, -0.1) is 0 Å². The fourth-order valence-corrected chi connectivity index (χ4v) is 1.71. The van der Waals surface area contributed by atoms with Gasteiger partial charge in [-0.25, -0.2) is 18.6 Å². The Morgan fingerprint density at radius 1 is 0.913 bits per heavy atom. The van der Waals surface area contributed by atoms with Gasteiger partial charge in [0.2, 0.25) is 0 Å². The van der Waals surface area contributed by atoms with E-state index in [1.54, 1.807) is 36.5 Å². The summed E-state index contributed by atoms with van der Waals surface area (Å²) in [4.78, 5) is 17.7. The first-order valence-electron chi connectivity index (χ1n) is 6.58. The lowest BCUT2D eigenvalue weighted by atomic mass is 10.1. The molecule has 0 bridgehead atoms. The molecular formula is C17H12F2N2O2. The van der Waals surface area contributed by atoms with E-state index >= 15 is 0 Å². The van der Waals surface area contributed by atoms with Gasteiger partial charge < -0.3 is 5.11 Å². The van der Waals surface area contributed by atoms with Gasteiger partial charge in [0.1, 0.15) is 17.3 Å². The van der Waals surface area contributed by atoms with Crippen LogP contribution in [0.5, 0.6) is 0 Å². The lowest BCUT2D eigenvalue weighted by Gasteiger charge is -2.01. The van der Waals surface area contributed by atoms with E-state index in [1.807, 2.05) is 0 Å². The molecule has 0 spiro atoms. The minimum absolute atomic E-state index is 0.0810. The zero-order valence-electron chi connectivity index (χ0n) is 11.9. The van der Waals surface area contributed by atoms with Crippen molar-refractivity contribution in [2.45, 2.75) is 0 Å². The Labute approximate surface area is 131 Å². The van der Waals surface area contributed by atoms with Gasteiger partial charge in [0.15, 0.2) is 0 Å². The van der Waals surface area contributed by atoms with Gasteiger partial charge in [0.05, 0.1) is 5.69 Å². The van der Waals surface area contributed by atoms with Crippen LogP contribution in [0.3, 0.4) is 0 Å². The fourth-order valence-electron chi connectivity index (χ4n) is 1.71. The highest BCUT2D eigenvalue weighted by atomic mass is 19.1. The number of nitrogens with zero attached hydrogens (tertiary/aromatic N) is 2. The number of carbonyl (C=O) groups is 1. The summed E-state index contributed by atoms with van der Waals surface area (Å²) >= 11 is 0. The molecule has 1 N–H and O–H groups in total. The summed E-state index contributed by atoms with van der Waals surface area (Å²) in [6.45, 7) is 0. The summed E-state index contributed by atoms with van der Waals surface area (Å²) in [7, 11) is 0. The van der Waals surface area contributed by atoms with Crippen LogP contribution in [0.25, 0.3) is 11.3 Å². The third-order valence-electron chi connectivity index (χ3n) is 2.76. The number of pyridine rings is 2. The van der Waals surface area contributed by atoms with Gasteiger partial charge in [0, 0.05) is 24.0 Å². The maximum Gasteiger partial charge on any atom is 0.354 e. The Hall–Kier alpha value is -3.15. The molecule has 116 valence electrons. The second-order valence-electron chi connectivity index (χ2n) is 4.36. The predicted molar refractivity (Wildman–Crippen MR) is 80.8 cm³/mol. The monoisotopic (exact) mass is 314 g/mol. The molecule has 4 nitrogen and oxygen atoms in total. The Kier molecular flexibility index (Phi) is 5.46. The second-order valence-corrected chi connectivity index (χ2v) is 4.36. The molecule has 0 aliphatic rings. The number of carboxylic acid groups (broad SMARTS) is 1. The highest BCUT2D eigenvalue weighted by molar-refractivity contribution is 5.85. The minimum Gasteiger partial charge on any atom is -0.477 e. The molecule has 0 unspecified atom stereocenters. The van der Waals surface area contributed by atoms with Crippen molar-refractivity contribution in [3.8, 4) is 11.3 Å². The zero-order valence-corrected chi connectivity index (χ0v) is 11.9. The molecule has 23 heavy (non-hydrogen) atoms. The Bertz CT molecular complexity index is 781. The highest BCUT2D eigenvalue weighted by Gasteiger charge is 2.06. The average molecular weight is 314 g/mol. The number of aromatic carboxylic acids is 1. The minimum atomic E-state index is -0.990. The third kappa shape index (κ3) is 4.67. The summed E-state index contributed by atoms with van der Waals surface area (Å²) < 4.78 is 25.9. The lowest BCUT2D eigenvalue weighted by Crippen LogP contribution is -1.97. The van der Waals surface area contributed by atoms with E-state index in [2.05, 4.69) is 9.97 Å². The number of aromatic nitrogens is 2. The van der Waals surface area contributed by atoms with Crippen molar-refractivity contribution in [1.82, 2.24) is 9.97 Å². The average Bonchev–Trinajstić information content (AvgIpc) is 2.57. The summed E-state index contributed by atoms with van der Waals surface area (Å²) in [6, 6.07) is 13.4. The Morgan fingerprint density at radius 2 is 1.61 bits per heavy atom. The first-order valence-corrected chi connectivity index (χ1v) is 6.58. The second kappa shape index (κ2) is 7.74. The van der Waals surface area contributed by atoms with Crippen molar-refractivity contribution in [3.05, 3.63) is 84.3 Å². The van der Waals surface area contributed by atoms with E-state index in [0.29, 0.717) is 11.3 Å². The van der Waals surface area contributed by atoms with Crippen LogP contribution in [0, 0.1) is 11.6 Å². The number of hydrogen-bond donors (Lipinski definition) is 1. The smallest absolute Gasteiger partial charge is 0.354 e. The fraction of sp³-hybridized carbons (Fsp3) is 0. The van der Waals surface area contributed by atoms with Crippen LogP contribution in [-0.4, -0.2) is 21.0 Å². The molecule has 0 radical (unpaired) electrons. The van der Waals surface area contributed by atoms with E-state index < -0.39 is 17.6 Å². The summed E-state index contributed by atoms with van der Waals surface area (Å²) in [5, 5.41) is 8.32. The Balaban J connectivity index is 0.000000185. The van der Waals surface area contributed by atoms with E-state index in [0.717, 1.165) is 6.07 Å². The van der Waals surface area contributed by atoms with Gasteiger partial charge in [-0.05, 0) is 36.4 Å². The number of benzene rings is 1. The van der Waals surface area contributed by atoms with Crippen molar-refractivity contribution >= 4 is 5.97 Å². The van der Waals surface area contributed by atoms with Gasteiger partial charge in [-0.2, -0.15) is 0 Å². The highest BCUT2D eigenvalue weighted by Crippen LogP contribution is 2.20. The predicted octanol–water partition coefficient (Wildman–Crippen LogP) is 3.81. The summed E-state index contributed by atoms with van der Waals surface area (Å²) in [5.41, 5.74) is 0.898. The molecular weight excluding hydrogens is 302 g/mol. The molecule has 0 saturated heterocycles. The van der Waals surface area contributed by atoms with Crippen molar-refractivity contribution in [2.24, 2.45) is 0 Å². The van der Waals surface area contributed by atoms with Crippen LogP contribution in [0.1, 0.15) is 10.5 Å². The molecule has 3 aromatic rings. The normalized spacial score (nSPS) is 9.65. The first kappa shape index (κ1) is 16.2. The van der Waals surface area contributed by atoms with Crippen molar-refractivity contribution in [3.63, 3.8) is 0 Å². The molecule has 0 aliphatic carbocycles. The zero-order chi connectivity index (χ0) is 16.7. The molecule has 0 amide bonds. The van der Waals surface area contributed by atoms with Crippen LogP contribution in [0.4, 0.5) is 8.78 Å². The molecule has 2 aromatic heterocycles. The van der Waals surface area contributed by atoms with Crippen LogP contribution in [-0.2, 0) is 0 Å². The maximum absolute atomic E-state index is 13.3. The Morgan fingerprint density at radius 3 is 2.09 bits per heavy atom. The molecule has 0 aliphatic heterocycles. The van der Waals surface area contributed by atoms with E-state index in [1.165, 1.54) is 24.4 Å². The standard InChI is InChI=1S/C11H7F2N.C6H5NO2/c12-8-4-5-9(10(13)7-8)11-3-1-2-6-14-11;8-6(9)5-3-1-2-4-7-5/h1-7H;1-4H,(H,8,9). The van der Waals surface area contributed by atoms with E-state index in [-0.39, 0.29) is 5.69 Å². The van der Waals surface area contributed by atoms with Gasteiger partial charge in [-0.1, -0.05) is 12.1 Å². The SMILES string of the molecule is Fc1ccc(-c2ccccn2)c(F)c1.O=C(O)c1ccccn1. The molecule has 3 rings (SSSR count). The topological polar surface area (TPSA) is 63.1 Å². The molecule has 1 aromatic carbocycles. The summed E-state index contributed by atoms with van der Waals surface area (Å²) in [6.07, 6.45) is 3.02. The van der Waals surface area contributed by atoms with Crippen LogP contribution in [0.15, 0.2) is 67.0 Å².